The summed E-state index contributed by atoms with van der Waals surface area (Å²) in [5, 5.41) is 13.1. The third-order valence-corrected chi connectivity index (χ3v) is 2.10. The Bertz CT molecular complexity index is 518. The molecule has 0 spiro atoms. The minimum Gasteiger partial charge on any atom is -0.478 e. The molecule has 0 aliphatic rings. The number of rotatable bonds is 4. The fourth-order valence-corrected chi connectivity index (χ4v) is 1.24. The van der Waals surface area contributed by atoms with Crippen LogP contribution in [-0.2, 0) is 9.53 Å². The van der Waals surface area contributed by atoms with Gasteiger partial charge in [0.25, 0.3) is 0 Å². The van der Waals surface area contributed by atoms with Gasteiger partial charge in [0, 0.05) is 0 Å². The predicted octanol–water partition coefficient (Wildman–Crippen LogP) is 0.818. The number of ether oxygens (including phenoxy) is 1. The molecule has 102 valence electrons. The van der Waals surface area contributed by atoms with Crippen LogP contribution in [0.1, 0.15) is 10.4 Å². The second-order valence-electron chi connectivity index (χ2n) is 3.35. The van der Waals surface area contributed by atoms with E-state index in [1.807, 2.05) is 0 Å². The van der Waals surface area contributed by atoms with Crippen molar-refractivity contribution in [2.75, 3.05) is 19.0 Å². The van der Waals surface area contributed by atoms with Gasteiger partial charge >= 0.3 is 18.0 Å². The standard InChI is InChI=1S/C11H11FN2O5/c1-19-8(15)5-13-11(18)14-7-4-2-3-6(12)9(7)10(16)17/h2-4H,5H2,1H3,(H,16,17)(H2,13,14,18). The van der Waals surface area contributed by atoms with Gasteiger partial charge in [-0.25, -0.2) is 14.0 Å². The van der Waals surface area contributed by atoms with E-state index < -0.39 is 29.4 Å². The van der Waals surface area contributed by atoms with Crippen LogP contribution in [0.15, 0.2) is 18.2 Å². The largest absolute Gasteiger partial charge is 0.478 e. The number of esters is 1. The highest BCUT2D eigenvalue weighted by Crippen LogP contribution is 2.18. The highest BCUT2D eigenvalue weighted by atomic mass is 19.1. The summed E-state index contributed by atoms with van der Waals surface area (Å²) in [5.74, 6) is -3.16. The zero-order valence-corrected chi connectivity index (χ0v) is 9.90. The number of methoxy groups -OCH3 is 1. The highest BCUT2D eigenvalue weighted by molar-refractivity contribution is 6.00. The number of carbonyl (C=O) groups is 3. The van der Waals surface area contributed by atoms with E-state index in [2.05, 4.69) is 15.4 Å². The Labute approximate surface area is 107 Å². The summed E-state index contributed by atoms with van der Waals surface area (Å²) in [7, 11) is 1.15. The maximum Gasteiger partial charge on any atom is 0.340 e. The second kappa shape index (κ2) is 6.34. The molecule has 0 unspecified atom stereocenters. The fourth-order valence-electron chi connectivity index (χ4n) is 1.24. The first-order valence-corrected chi connectivity index (χ1v) is 5.09. The quantitative estimate of drug-likeness (QED) is 0.702. The average molecular weight is 270 g/mol. The molecular weight excluding hydrogens is 259 g/mol. The number of urea groups is 1. The molecule has 2 amide bonds. The van der Waals surface area contributed by atoms with Crippen molar-refractivity contribution >= 4 is 23.7 Å². The number of halogens is 1. The van der Waals surface area contributed by atoms with Crippen molar-refractivity contribution < 1.29 is 28.6 Å². The van der Waals surface area contributed by atoms with E-state index in [4.69, 9.17) is 5.11 Å². The van der Waals surface area contributed by atoms with Gasteiger partial charge in [-0.05, 0) is 12.1 Å². The molecular formula is C11H11FN2O5. The number of hydrogen-bond acceptors (Lipinski definition) is 4. The smallest absolute Gasteiger partial charge is 0.340 e. The maximum atomic E-state index is 13.3. The van der Waals surface area contributed by atoms with E-state index in [-0.39, 0.29) is 12.2 Å². The van der Waals surface area contributed by atoms with Crippen molar-refractivity contribution in [2.45, 2.75) is 0 Å². The van der Waals surface area contributed by atoms with Gasteiger partial charge in [0.2, 0.25) is 0 Å². The number of benzene rings is 1. The first kappa shape index (κ1) is 14.4. The van der Waals surface area contributed by atoms with Crippen molar-refractivity contribution in [1.82, 2.24) is 5.32 Å². The molecule has 0 aliphatic heterocycles. The summed E-state index contributed by atoms with van der Waals surface area (Å²) in [6, 6.07) is 2.58. The van der Waals surface area contributed by atoms with Crippen LogP contribution in [0.4, 0.5) is 14.9 Å². The van der Waals surface area contributed by atoms with Crippen LogP contribution in [0.3, 0.4) is 0 Å². The first-order valence-electron chi connectivity index (χ1n) is 5.09. The lowest BCUT2D eigenvalue weighted by atomic mass is 10.1. The number of aromatic carboxylic acids is 1. The van der Waals surface area contributed by atoms with Gasteiger partial charge in [0.1, 0.15) is 17.9 Å². The summed E-state index contributed by atoms with van der Waals surface area (Å²) in [6.45, 7) is -0.389. The molecule has 0 saturated carbocycles. The van der Waals surface area contributed by atoms with Gasteiger partial charge in [0.15, 0.2) is 0 Å². The summed E-state index contributed by atoms with van der Waals surface area (Å²) in [6.07, 6.45) is 0. The molecule has 19 heavy (non-hydrogen) atoms. The Kier molecular flexibility index (Phi) is 4.81. The Morgan fingerprint density at radius 2 is 2.05 bits per heavy atom. The van der Waals surface area contributed by atoms with Crippen LogP contribution < -0.4 is 10.6 Å². The molecule has 0 aromatic heterocycles. The van der Waals surface area contributed by atoms with Crippen molar-refractivity contribution in [1.29, 1.82) is 0 Å². The van der Waals surface area contributed by atoms with Crippen LogP contribution in [-0.4, -0.2) is 36.7 Å². The molecule has 0 atom stereocenters. The van der Waals surface area contributed by atoms with E-state index in [0.29, 0.717) is 0 Å². The molecule has 0 fully saturated rings. The average Bonchev–Trinajstić information content (AvgIpc) is 2.35. The molecule has 0 bridgehead atoms. The number of hydrogen-bond donors (Lipinski definition) is 3. The summed E-state index contributed by atoms with van der Waals surface area (Å²) >= 11 is 0. The Morgan fingerprint density at radius 3 is 2.63 bits per heavy atom. The third-order valence-electron chi connectivity index (χ3n) is 2.10. The lowest BCUT2D eigenvalue weighted by Gasteiger charge is -2.09. The molecule has 0 radical (unpaired) electrons. The van der Waals surface area contributed by atoms with Crippen LogP contribution in [0.2, 0.25) is 0 Å². The number of carbonyl (C=O) groups excluding carboxylic acids is 2. The second-order valence-corrected chi connectivity index (χ2v) is 3.35. The lowest BCUT2D eigenvalue weighted by molar-refractivity contribution is -0.139. The summed E-state index contributed by atoms with van der Waals surface area (Å²) in [4.78, 5) is 33.0. The van der Waals surface area contributed by atoms with Gasteiger partial charge in [0.05, 0.1) is 12.8 Å². The normalized spacial score (nSPS) is 9.58. The topological polar surface area (TPSA) is 105 Å². The van der Waals surface area contributed by atoms with Gasteiger partial charge < -0.3 is 20.5 Å². The zero-order valence-electron chi connectivity index (χ0n) is 9.90. The molecule has 7 nitrogen and oxygen atoms in total. The molecule has 1 rings (SSSR count). The van der Waals surface area contributed by atoms with Crippen LogP contribution in [0.25, 0.3) is 0 Å². The fraction of sp³-hybridized carbons (Fsp3) is 0.182. The van der Waals surface area contributed by atoms with Crippen LogP contribution in [0.5, 0.6) is 0 Å². The summed E-state index contributed by atoms with van der Waals surface area (Å²) < 4.78 is 17.6. The van der Waals surface area contributed by atoms with Crippen molar-refractivity contribution in [3.63, 3.8) is 0 Å². The van der Waals surface area contributed by atoms with Crippen LogP contribution in [0, 0.1) is 5.82 Å². The minimum atomic E-state index is -1.51. The van der Waals surface area contributed by atoms with E-state index in [9.17, 15) is 18.8 Å². The summed E-state index contributed by atoms with van der Waals surface area (Å²) in [5.41, 5.74) is -0.870. The molecule has 0 aliphatic carbocycles. The van der Waals surface area contributed by atoms with Crippen molar-refractivity contribution in [3.05, 3.63) is 29.6 Å². The molecule has 1 aromatic rings. The first-order chi connectivity index (χ1) is 8.95. The zero-order chi connectivity index (χ0) is 14.4. The Morgan fingerprint density at radius 1 is 1.37 bits per heavy atom. The number of amides is 2. The van der Waals surface area contributed by atoms with Gasteiger partial charge in [-0.15, -0.1) is 0 Å². The van der Waals surface area contributed by atoms with Crippen molar-refractivity contribution in [2.24, 2.45) is 0 Å². The number of carboxylic acids is 1. The SMILES string of the molecule is COC(=O)CNC(=O)Nc1cccc(F)c1C(=O)O. The van der Waals surface area contributed by atoms with E-state index in [1.165, 1.54) is 12.1 Å². The van der Waals surface area contributed by atoms with Crippen molar-refractivity contribution in [3.8, 4) is 0 Å². The van der Waals surface area contributed by atoms with E-state index in [0.717, 1.165) is 13.2 Å². The molecule has 3 N–H and O–H groups in total. The van der Waals surface area contributed by atoms with Gasteiger partial charge in [-0.1, -0.05) is 6.07 Å². The minimum absolute atomic E-state index is 0.213. The molecule has 8 heteroatoms. The molecule has 0 heterocycles. The maximum absolute atomic E-state index is 13.3. The number of nitrogens with one attached hydrogen (secondary N) is 2. The lowest BCUT2D eigenvalue weighted by Crippen LogP contribution is -2.34. The van der Waals surface area contributed by atoms with Gasteiger partial charge in [-0.2, -0.15) is 0 Å². The predicted molar refractivity (Wildman–Crippen MR) is 62.4 cm³/mol. The third kappa shape index (κ3) is 3.95. The van der Waals surface area contributed by atoms with E-state index >= 15 is 0 Å². The Hall–Kier alpha value is -2.64. The van der Waals surface area contributed by atoms with Gasteiger partial charge in [-0.3, -0.25) is 4.79 Å². The van der Waals surface area contributed by atoms with E-state index in [1.54, 1.807) is 0 Å². The highest BCUT2D eigenvalue weighted by Gasteiger charge is 2.17. The Balaban J connectivity index is 2.77. The number of carboxylic acid groups (broad SMARTS) is 1. The molecule has 0 saturated heterocycles. The van der Waals surface area contributed by atoms with Crippen LogP contribution >= 0.6 is 0 Å². The molecule has 1 aromatic carbocycles. The monoisotopic (exact) mass is 270 g/mol. The number of anilines is 1.